The molecule has 2 aromatic rings. The molecule has 0 radical (unpaired) electrons. The number of hydrogen-bond donors (Lipinski definition) is 2. The summed E-state index contributed by atoms with van der Waals surface area (Å²) in [5.41, 5.74) is -0.199. The Balaban J connectivity index is 2.24. The third kappa shape index (κ3) is 5.83. The van der Waals surface area contributed by atoms with Crippen molar-refractivity contribution >= 4 is 21.7 Å². The summed E-state index contributed by atoms with van der Waals surface area (Å²) in [5, 5.41) is 11.3. The second-order valence-electron chi connectivity index (χ2n) is 5.96. The SMILES string of the molecule is N#CCNC(=O)C(CNC(=O)c1ccccc1)S(=O)(=O)Cc1cccc(F)c1F. The van der Waals surface area contributed by atoms with Crippen molar-refractivity contribution in [3.63, 3.8) is 0 Å². The van der Waals surface area contributed by atoms with E-state index in [9.17, 15) is 26.8 Å². The quantitative estimate of drug-likeness (QED) is 0.624. The normalized spacial score (nSPS) is 11.9. The first kappa shape index (κ1) is 22.0. The van der Waals surface area contributed by atoms with Crippen LogP contribution in [0.15, 0.2) is 48.5 Å². The van der Waals surface area contributed by atoms with Gasteiger partial charge in [0.25, 0.3) is 5.91 Å². The van der Waals surface area contributed by atoms with Crippen LogP contribution in [-0.4, -0.2) is 38.6 Å². The zero-order valence-electron chi connectivity index (χ0n) is 15.1. The van der Waals surface area contributed by atoms with Gasteiger partial charge in [0.1, 0.15) is 6.54 Å². The van der Waals surface area contributed by atoms with E-state index in [0.717, 1.165) is 18.2 Å². The molecule has 0 aromatic heterocycles. The van der Waals surface area contributed by atoms with Crippen LogP contribution in [0.4, 0.5) is 8.78 Å². The van der Waals surface area contributed by atoms with Crippen molar-refractivity contribution in [3.8, 4) is 6.07 Å². The molecule has 152 valence electrons. The Morgan fingerprint density at radius 3 is 2.38 bits per heavy atom. The summed E-state index contributed by atoms with van der Waals surface area (Å²) in [6.45, 7) is -1.06. The Kier molecular flexibility index (Phi) is 7.39. The van der Waals surface area contributed by atoms with Crippen LogP contribution in [0, 0.1) is 23.0 Å². The van der Waals surface area contributed by atoms with E-state index in [2.05, 4.69) is 10.6 Å². The Hall–Kier alpha value is -3.32. The highest BCUT2D eigenvalue weighted by atomic mass is 32.2. The first-order chi connectivity index (χ1) is 13.8. The smallest absolute Gasteiger partial charge is 0.251 e. The fourth-order valence-corrected chi connectivity index (χ4v) is 4.08. The van der Waals surface area contributed by atoms with Gasteiger partial charge < -0.3 is 10.6 Å². The molecule has 10 heteroatoms. The zero-order valence-corrected chi connectivity index (χ0v) is 15.9. The predicted molar refractivity (Wildman–Crippen MR) is 100 cm³/mol. The van der Waals surface area contributed by atoms with Crippen molar-refractivity contribution in [3.05, 3.63) is 71.3 Å². The van der Waals surface area contributed by atoms with Gasteiger partial charge in [-0.3, -0.25) is 9.59 Å². The van der Waals surface area contributed by atoms with Crippen LogP contribution in [0.5, 0.6) is 0 Å². The molecule has 2 rings (SSSR count). The number of nitriles is 1. The van der Waals surface area contributed by atoms with E-state index < -0.39 is 62.9 Å². The topological polar surface area (TPSA) is 116 Å². The summed E-state index contributed by atoms with van der Waals surface area (Å²) in [4.78, 5) is 24.4. The van der Waals surface area contributed by atoms with Crippen molar-refractivity contribution in [2.24, 2.45) is 0 Å². The molecular weight excluding hydrogens is 404 g/mol. The number of hydrogen-bond acceptors (Lipinski definition) is 5. The average Bonchev–Trinajstić information content (AvgIpc) is 2.70. The minimum atomic E-state index is -4.37. The molecule has 29 heavy (non-hydrogen) atoms. The lowest BCUT2D eigenvalue weighted by Gasteiger charge is -2.18. The highest BCUT2D eigenvalue weighted by molar-refractivity contribution is 7.92. The molecule has 0 bridgehead atoms. The van der Waals surface area contributed by atoms with E-state index in [-0.39, 0.29) is 5.56 Å². The second-order valence-corrected chi connectivity index (χ2v) is 8.14. The summed E-state index contributed by atoms with van der Waals surface area (Å²) in [5.74, 6) is -5.16. The molecule has 7 nitrogen and oxygen atoms in total. The standard InChI is InChI=1S/C19H17F2N3O4S/c20-15-8-4-7-14(17(15)21)12-29(27,28)16(19(26)23-10-9-22)11-24-18(25)13-5-2-1-3-6-13/h1-8,16H,10-12H2,(H,23,26)(H,24,25). The maximum Gasteiger partial charge on any atom is 0.251 e. The summed E-state index contributed by atoms with van der Waals surface area (Å²) in [7, 11) is -4.37. The summed E-state index contributed by atoms with van der Waals surface area (Å²) in [6.07, 6.45) is 0. The fourth-order valence-electron chi connectivity index (χ4n) is 2.48. The van der Waals surface area contributed by atoms with E-state index in [1.54, 1.807) is 24.3 Å². The molecule has 1 atom stereocenters. The second kappa shape index (κ2) is 9.75. The molecule has 0 saturated carbocycles. The van der Waals surface area contributed by atoms with E-state index in [1.165, 1.54) is 12.1 Å². The van der Waals surface area contributed by atoms with Gasteiger partial charge in [0.05, 0.1) is 11.8 Å². The van der Waals surface area contributed by atoms with Gasteiger partial charge in [-0.1, -0.05) is 30.3 Å². The molecular formula is C19H17F2N3O4S. The number of sulfone groups is 1. The average molecular weight is 421 g/mol. The van der Waals surface area contributed by atoms with Gasteiger partial charge in [-0.05, 0) is 18.2 Å². The summed E-state index contributed by atoms with van der Waals surface area (Å²) < 4.78 is 52.7. The number of carbonyl (C=O) groups is 2. The van der Waals surface area contributed by atoms with E-state index in [4.69, 9.17) is 5.26 Å². The molecule has 2 N–H and O–H groups in total. The van der Waals surface area contributed by atoms with Crippen molar-refractivity contribution in [2.75, 3.05) is 13.1 Å². The highest BCUT2D eigenvalue weighted by Gasteiger charge is 2.34. The van der Waals surface area contributed by atoms with Crippen molar-refractivity contribution < 1.29 is 26.8 Å². The summed E-state index contributed by atoms with van der Waals surface area (Å²) in [6, 6.07) is 12.6. The van der Waals surface area contributed by atoms with Crippen LogP contribution >= 0.6 is 0 Å². The molecule has 0 aliphatic carbocycles. The first-order valence-corrected chi connectivity index (χ1v) is 10.1. The van der Waals surface area contributed by atoms with Gasteiger partial charge >= 0.3 is 0 Å². The lowest BCUT2D eigenvalue weighted by atomic mass is 10.2. The third-order valence-electron chi connectivity index (χ3n) is 3.94. The molecule has 2 amide bonds. The number of nitrogens with zero attached hydrogens (tertiary/aromatic N) is 1. The molecule has 0 saturated heterocycles. The van der Waals surface area contributed by atoms with Crippen LogP contribution in [0.3, 0.4) is 0 Å². The van der Waals surface area contributed by atoms with E-state index >= 15 is 0 Å². The molecule has 2 aromatic carbocycles. The molecule has 0 aliphatic rings. The fraction of sp³-hybridized carbons (Fsp3) is 0.211. The van der Waals surface area contributed by atoms with Crippen LogP contribution in [0.1, 0.15) is 15.9 Å². The van der Waals surface area contributed by atoms with Gasteiger partial charge in [0.15, 0.2) is 26.7 Å². The minimum absolute atomic E-state index is 0.247. The molecule has 1 unspecified atom stereocenters. The van der Waals surface area contributed by atoms with Gasteiger partial charge in [-0.25, -0.2) is 17.2 Å². The van der Waals surface area contributed by atoms with Gasteiger partial charge in [-0.15, -0.1) is 0 Å². The number of rotatable bonds is 8. The number of amides is 2. The van der Waals surface area contributed by atoms with Crippen molar-refractivity contribution in [1.29, 1.82) is 5.26 Å². The van der Waals surface area contributed by atoms with E-state index in [1.807, 2.05) is 0 Å². The monoisotopic (exact) mass is 421 g/mol. The van der Waals surface area contributed by atoms with Crippen molar-refractivity contribution in [2.45, 2.75) is 11.0 Å². The zero-order chi connectivity index (χ0) is 21.4. The highest BCUT2D eigenvalue weighted by Crippen LogP contribution is 2.17. The Bertz CT molecular complexity index is 1040. The lowest BCUT2D eigenvalue weighted by molar-refractivity contribution is -0.120. The first-order valence-electron chi connectivity index (χ1n) is 8.38. The number of halogens is 2. The summed E-state index contributed by atoms with van der Waals surface area (Å²) >= 11 is 0. The maximum absolute atomic E-state index is 13.9. The van der Waals surface area contributed by atoms with Crippen LogP contribution in [0.25, 0.3) is 0 Å². The Morgan fingerprint density at radius 1 is 1.03 bits per heavy atom. The van der Waals surface area contributed by atoms with Gasteiger partial charge in [0.2, 0.25) is 5.91 Å². The van der Waals surface area contributed by atoms with Gasteiger partial charge in [-0.2, -0.15) is 5.26 Å². The predicted octanol–water partition coefficient (Wildman–Crippen LogP) is 1.32. The van der Waals surface area contributed by atoms with Crippen LogP contribution in [0.2, 0.25) is 0 Å². The number of benzene rings is 2. The minimum Gasteiger partial charge on any atom is -0.350 e. The maximum atomic E-state index is 13.9. The lowest BCUT2D eigenvalue weighted by Crippen LogP contribution is -2.47. The van der Waals surface area contributed by atoms with Gasteiger partial charge in [0, 0.05) is 17.7 Å². The van der Waals surface area contributed by atoms with E-state index in [0.29, 0.717) is 0 Å². The molecule has 0 heterocycles. The number of carbonyl (C=O) groups excluding carboxylic acids is 2. The van der Waals surface area contributed by atoms with Crippen molar-refractivity contribution in [1.82, 2.24) is 10.6 Å². The molecule has 0 aliphatic heterocycles. The Morgan fingerprint density at radius 2 is 1.72 bits per heavy atom. The Labute approximate surface area is 166 Å². The molecule has 0 fully saturated rings. The van der Waals surface area contributed by atoms with Crippen LogP contribution < -0.4 is 10.6 Å². The molecule has 0 spiro atoms. The van der Waals surface area contributed by atoms with Crippen LogP contribution in [-0.2, 0) is 20.4 Å². The number of nitrogens with one attached hydrogen (secondary N) is 2. The largest absolute Gasteiger partial charge is 0.350 e. The third-order valence-corrected chi connectivity index (χ3v) is 5.90.